The number of aromatic nitrogens is 1. The molecule has 4 rings (SSSR count). The largest absolute Gasteiger partial charge is 0.497 e. The summed E-state index contributed by atoms with van der Waals surface area (Å²) in [7, 11) is 1.62. The van der Waals surface area contributed by atoms with Gasteiger partial charge in [0.05, 0.1) is 18.3 Å². The Bertz CT molecular complexity index is 1170. The summed E-state index contributed by atoms with van der Waals surface area (Å²) in [6.07, 6.45) is 1.74. The minimum Gasteiger partial charge on any atom is -0.497 e. The molecule has 29 heavy (non-hydrogen) atoms. The average molecular weight is 407 g/mol. The maximum Gasteiger partial charge on any atom is 0.296 e. The summed E-state index contributed by atoms with van der Waals surface area (Å²) in [6, 6.07) is 14.8. The maximum atomic E-state index is 12.9. The van der Waals surface area contributed by atoms with Crippen LogP contribution >= 0.6 is 11.6 Å². The standard InChI is InChI=1S/C22H19ClN4O2/c1-13-10-20(18-12-17(29-3)8-9-19(18)24-13)26-27-14(2)25-21(22(27)28)11-15-4-6-16(23)7-5-15/h4-12H,1-3H3,(H,24,26)/b21-11-. The Labute approximate surface area is 173 Å². The molecule has 1 aliphatic heterocycles. The SMILES string of the molecule is COc1ccc2nc(C)cc(NN3C(=O)/C(=C/c4ccc(Cl)cc4)N=C3C)c2c1. The molecule has 1 amide bonds. The number of hydrogen-bond donors (Lipinski definition) is 1. The number of amides is 1. The highest BCUT2D eigenvalue weighted by Crippen LogP contribution is 2.29. The van der Waals surface area contributed by atoms with Crippen molar-refractivity contribution in [1.82, 2.24) is 9.99 Å². The fourth-order valence-corrected chi connectivity index (χ4v) is 3.28. The van der Waals surface area contributed by atoms with E-state index in [0.717, 1.165) is 27.8 Å². The first-order chi connectivity index (χ1) is 13.9. The molecule has 0 radical (unpaired) electrons. The van der Waals surface area contributed by atoms with E-state index in [2.05, 4.69) is 15.4 Å². The number of carbonyl (C=O) groups excluding carboxylic acids is 1. The Hall–Kier alpha value is -3.38. The molecule has 0 bridgehead atoms. The Balaban J connectivity index is 1.67. The van der Waals surface area contributed by atoms with Gasteiger partial charge < -0.3 is 4.74 Å². The molecule has 146 valence electrons. The number of pyridine rings is 1. The van der Waals surface area contributed by atoms with Gasteiger partial charge in [0.2, 0.25) is 0 Å². The van der Waals surface area contributed by atoms with Crippen molar-refractivity contribution in [3.8, 4) is 5.75 Å². The van der Waals surface area contributed by atoms with Crippen LogP contribution in [0.25, 0.3) is 17.0 Å². The molecule has 6 nitrogen and oxygen atoms in total. The quantitative estimate of drug-likeness (QED) is 0.630. The molecular formula is C22H19ClN4O2. The second kappa shape index (κ2) is 7.56. The van der Waals surface area contributed by atoms with Crippen LogP contribution in [0.5, 0.6) is 5.75 Å². The van der Waals surface area contributed by atoms with Gasteiger partial charge in [0.1, 0.15) is 17.3 Å². The number of nitrogens with zero attached hydrogens (tertiary/aromatic N) is 3. The summed E-state index contributed by atoms with van der Waals surface area (Å²) < 4.78 is 5.33. The molecular weight excluding hydrogens is 388 g/mol. The lowest BCUT2D eigenvalue weighted by Gasteiger charge is -2.20. The van der Waals surface area contributed by atoms with Crippen LogP contribution in [-0.4, -0.2) is 28.8 Å². The summed E-state index contributed by atoms with van der Waals surface area (Å²) in [5.74, 6) is 1.04. The van der Waals surface area contributed by atoms with Crippen LogP contribution in [0.4, 0.5) is 5.69 Å². The van der Waals surface area contributed by atoms with Crippen LogP contribution in [-0.2, 0) is 4.79 Å². The van der Waals surface area contributed by atoms with E-state index in [9.17, 15) is 4.79 Å². The van der Waals surface area contributed by atoms with Gasteiger partial charge in [0, 0.05) is 16.1 Å². The maximum absolute atomic E-state index is 12.9. The number of halogens is 1. The molecule has 0 saturated heterocycles. The van der Waals surface area contributed by atoms with Gasteiger partial charge in [-0.2, -0.15) is 0 Å². The number of benzene rings is 2. The number of methoxy groups -OCH3 is 1. The molecule has 0 spiro atoms. The van der Waals surface area contributed by atoms with Gasteiger partial charge in [-0.15, -0.1) is 0 Å². The Morgan fingerprint density at radius 3 is 2.59 bits per heavy atom. The van der Waals surface area contributed by atoms with Gasteiger partial charge in [-0.05, 0) is 61.9 Å². The van der Waals surface area contributed by atoms with Crippen molar-refractivity contribution in [2.24, 2.45) is 4.99 Å². The van der Waals surface area contributed by atoms with Crippen LogP contribution < -0.4 is 10.2 Å². The number of rotatable bonds is 4. The zero-order valence-corrected chi connectivity index (χ0v) is 17.0. The number of hydrazine groups is 1. The van der Waals surface area contributed by atoms with Crippen LogP contribution in [0.2, 0.25) is 5.02 Å². The van der Waals surface area contributed by atoms with Crippen LogP contribution in [0, 0.1) is 6.92 Å². The van der Waals surface area contributed by atoms with E-state index < -0.39 is 0 Å². The fourth-order valence-electron chi connectivity index (χ4n) is 3.15. The Morgan fingerprint density at radius 1 is 1.10 bits per heavy atom. The summed E-state index contributed by atoms with van der Waals surface area (Å²) in [4.78, 5) is 21.9. The topological polar surface area (TPSA) is 66.8 Å². The van der Waals surface area contributed by atoms with Crippen LogP contribution in [0.15, 0.2) is 59.2 Å². The highest BCUT2D eigenvalue weighted by Gasteiger charge is 2.28. The van der Waals surface area contributed by atoms with E-state index >= 15 is 0 Å². The summed E-state index contributed by atoms with van der Waals surface area (Å²) in [5.41, 5.74) is 6.80. The predicted molar refractivity (Wildman–Crippen MR) is 116 cm³/mol. The molecule has 2 heterocycles. The lowest BCUT2D eigenvalue weighted by atomic mass is 10.1. The minimum absolute atomic E-state index is 0.233. The first-order valence-electron chi connectivity index (χ1n) is 9.03. The molecule has 0 aliphatic carbocycles. The van der Waals surface area contributed by atoms with Gasteiger partial charge >= 0.3 is 0 Å². The third-order valence-electron chi connectivity index (χ3n) is 4.58. The predicted octanol–water partition coefficient (Wildman–Crippen LogP) is 4.83. The van der Waals surface area contributed by atoms with Gasteiger partial charge in [0.25, 0.3) is 5.91 Å². The monoisotopic (exact) mass is 406 g/mol. The van der Waals surface area contributed by atoms with Crippen molar-refractivity contribution in [2.45, 2.75) is 13.8 Å². The number of fused-ring (bicyclic) bond motifs is 1. The van der Waals surface area contributed by atoms with E-state index in [4.69, 9.17) is 16.3 Å². The van der Waals surface area contributed by atoms with Crippen molar-refractivity contribution < 1.29 is 9.53 Å². The number of carbonyl (C=O) groups is 1. The second-order valence-electron chi connectivity index (χ2n) is 6.69. The van der Waals surface area contributed by atoms with Crippen molar-refractivity contribution in [2.75, 3.05) is 12.5 Å². The molecule has 0 atom stereocenters. The molecule has 0 unspecified atom stereocenters. The molecule has 2 aromatic carbocycles. The number of hydrogen-bond acceptors (Lipinski definition) is 5. The van der Waals surface area contributed by atoms with Crippen molar-refractivity contribution in [3.05, 3.63) is 70.5 Å². The number of aliphatic imine (C=N–C) groups is 1. The third-order valence-corrected chi connectivity index (χ3v) is 4.83. The molecule has 0 saturated carbocycles. The summed E-state index contributed by atoms with van der Waals surface area (Å²) in [6.45, 7) is 3.69. The molecule has 1 aromatic heterocycles. The number of ether oxygens (including phenoxy) is 1. The average Bonchev–Trinajstić information content (AvgIpc) is 2.96. The number of anilines is 1. The first kappa shape index (κ1) is 19.0. The van der Waals surface area contributed by atoms with E-state index in [1.807, 2.05) is 43.3 Å². The van der Waals surface area contributed by atoms with E-state index in [0.29, 0.717) is 22.3 Å². The minimum atomic E-state index is -0.233. The fraction of sp³-hybridized carbons (Fsp3) is 0.136. The third kappa shape index (κ3) is 3.79. The number of nitrogens with one attached hydrogen (secondary N) is 1. The van der Waals surface area contributed by atoms with E-state index in [1.54, 1.807) is 32.2 Å². The molecule has 1 aliphatic rings. The van der Waals surface area contributed by atoms with Crippen molar-refractivity contribution in [3.63, 3.8) is 0 Å². The van der Waals surface area contributed by atoms with E-state index in [1.165, 1.54) is 5.01 Å². The highest BCUT2D eigenvalue weighted by molar-refractivity contribution is 6.30. The molecule has 1 N–H and O–H groups in total. The number of aryl methyl sites for hydroxylation is 1. The first-order valence-corrected chi connectivity index (χ1v) is 9.41. The molecule has 3 aromatic rings. The smallest absolute Gasteiger partial charge is 0.296 e. The van der Waals surface area contributed by atoms with E-state index in [-0.39, 0.29) is 5.91 Å². The number of amidine groups is 1. The van der Waals surface area contributed by atoms with Gasteiger partial charge in [-0.25, -0.2) is 10.0 Å². The zero-order valence-electron chi connectivity index (χ0n) is 16.2. The Kier molecular flexibility index (Phi) is 4.94. The second-order valence-corrected chi connectivity index (χ2v) is 7.12. The van der Waals surface area contributed by atoms with Crippen LogP contribution in [0.3, 0.4) is 0 Å². The summed E-state index contributed by atoms with van der Waals surface area (Å²) >= 11 is 5.93. The van der Waals surface area contributed by atoms with Gasteiger partial charge in [-0.1, -0.05) is 23.7 Å². The lowest BCUT2D eigenvalue weighted by Crippen LogP contribution is -2.36. The van der Waals surface area contributed by atoms with Crippen molar-refractivity contribution >= 4 is 46.0 Å². The Morgan fingerprint density at radius 2 is 1.86 bits per heavy atom. The van der Waals surface area contributed by atoms with Crippen LogP contribution in [0.1, 0.15) is 18.2 Å². The lowest BCUT2D eigenvalue weighted by molar-refractivity contribution is -0.121. The van der Waals surface area contributed by atoms with Gasteiger partial charge in [-0.3, -0.25) is 15.2 Å². The van der Waals surface area contributed by atoms with Crippen molar-refractivity contribution in [1.29, 1.82) is 0 Å². The normalized spacial score (nSPS) is 15.2. The molecule has 7 heteroatoms. The zero-order chi connectivity index (χ0) is 20.5. The molecule has 0 fully saturated rings. The summed E-state index contributed by atoms with van der Waals surface area (Å²) in [5, 5.41) is 2.93. The highest BCUT2D eigenvalue weighted by atomic mass is 35.5. The van der Waals surface area contributed by atoms with Gasteiger partial charge in [0.15, 0.2) is 0 Å².